The van der Waals surface area contributed by atoms with Crippen LogP contribution in [0.5, 0.6) is 0 Å². The van der Waals surface area contributed by atoms with Crippen molar-refractivity contribution in [1.29, 1.82) is 0 Å². The summed E-state index contributed by atoms with van der Waals surface area (Å²) in [5, 5.41) is 2.80. The number of hydrogen-bond donors (Lipinski definition) is 2. The number of thioether (sulfide) groups is 1. The van der Waals surface area contributed by atoms with Gasteiger partial charge >= 0.3 is 0 Å². The van der Waals surface area contributed by atoms with Crippen LogP contribution in [0.15, 0.2) is 0 Å². The number of sulfonamides is 1. The predicted molar refractivity (Wildman–Crippen MR) is 75.0 cm³/mol. The minimum absolute atomic E-state index is 0.148. The zero-order valence-corrected chi connectivity index (χ0v) is 12.4. The van der Waals surface area contributed by atoms with Crippen molar-refractivity contribution >= 4 is 21.8 Å². The second kappa shape index (κ2) is 7.61. The summed E-state index contributed by atoms with van der Waals surface area (Å²) in [6.45, 7) is 5.25. The van der Waals surface area contributed by atoms with Gasteiger partial charge < -0.3 is 5.32 Å². The highest BCUT2D eigenvalue weighted by Crippen LogP contribution is 2.18. The lowest BCUT2D eigenvalue weighted by Gasteiger charge is -2.24. The Morgan fingerprint density at radius 1 is 1.35 bits per heavy atom. The standard InChI is InChI=1S/C11H24N2O2S2/c1-3-6-12-9-10(2)17(14,15)13-11-4-7-16-8-5-11/h10-13H,3-9H2,1-2H3. The van der Waals surface area contributed by atoms with E-state index in [9.17, 15) is 8.42 Å². The predicted octanol–water partition coefficient (Wildman–Crippen LogP) is 1.19. The van der Waals surface area contributed by atoms with Gasteiger partial charge in [0.15, 0.2) is 0 Å². The van der Waals surface area contributed by atoms with E-state index in [1.54, 1.807) is 6.92 Å². The molecule has 1 rings (SSSR count). The number of rotatable bonds is 7. The molecule has 0 aromatic carbocycles. The Morgan fingerprint density at radius 3 is 2.59 bits per heavy atom. The van der Waals surface area contributed by atoms with Crippen LogP contribution >= 0.6 is 11.8 Å². The average Bonchev–Trinajstić information content (AvgIpc) is 2.30. The van der Waals surface area contributed by atoms with E-state index in [0.717, 1.165) is 37.3 Å². The van der Waals surface area contributed by atoms with Crippen LogP contribution < -0.4 is 10.0 Å². The maximum absolute atomic E-state index is 12.0. The van der Waals surface area contributed by atoms with Gasteiger partial charge in [-0.1, -0.05) is 6.92 Å². The van der Waals surface area contributed by atoms with Crippen molar-refractivity contribution < 1.29 is 8.42 Å². The van der Waals surface area contributed by atoms with Crippen LogP contribution in [-0.4, -0.2) is 44.3 Å². The van der Waals surface area contributed by atoms with Crippen molar-refractivity contribution in [2.45, 2.75) is 44.4 Å². The normalized spacial score (nSPS) is 20.4. The Morgan fingerprint density at radius 2 is 2.00 bits per heavy atom. The van der Waals surface area contributed by atoms with E-state index in [1.165, 1.54) is 0 Å². The van der Waals surface area contributed by atoms with E-state index in [0.29, 0.717) is 6.54 Å². The van der Waals surface area contributed by atoms with E-state index in [4.69, 9.17) is 0 Å². The van der Waals surface area contributed by atoms with Crippen LogP contribution in [0.4, 0.5) is 0 Å². The molecule has 0 aliphatic carbocycles. The summed E-state index contributed by atoms with van der Waals surface area (Å²) in [6.07, 6.45) is 2.94. The highest BCUT2D eigenvalue weighted by molar-refractivity contribution is 7.99. The second-order valence-electron chi connectivity index (χ2n) is 4.56. The van der Waals surface area contributed by atoms with Crippen molar-refractivity contribution in [2.24, 2.45) is 0 Å². The minimum Gasteiger partial charge on any atom is -0.315 e. The van der Waals surface area contributed by atoms with E-state index < -0.39 is 10.0 Å². The lowest BCUT2D eigenvalue weighted by molar-refractivity contribution is 0.515. The van der Waals surface area contributed by atoms with E-state index in [2.05, 4.69) is 17.0 Å². The Hall–Kier alpha value is 0.220. The topological polar surface area (TPSA) is 58.2 Å². The maximum atomic E-state index is 12.0. The van der Waals surface area contributed by atoms with Gasteiger partial charge in [0.2, 0.25) is 10.0 Å². The second-order valence-corrected chi connectivity index (χ2v) is 7.92. The molecule has 0 bridgehead atoms. The molecule has 1 aliphatic rings. The third kappa shape index (κ3) is 5.59. The first-order valence-electron chi connectivity index (χ1n) is 6.36. The summed E-state index contributed by atoms with van der Waals surface area (Å²) >= 11 is 1.90. The fourth-order valence-corrected chi connectivity index (χ4v) is 4.13. The van der Waals surface area contributed by atoms with Crippen molar-refractivity contribution in [1.82, 2.24) is 10.0 Å². The van der Waals surface area contributed by atoms with Crippen LogP contribution in [0.3, 0.4) is 0 Å². The lowest BCUT2D eigenvalue weighted by Crippen LogP contribution is -2.44. The van der Waals surface area contributed by atoms with Gasteiger partial charge in [-0.2, -0.15) is 11.8 Å². The molecule has 0 spiro atoms. The summed E-state index contributed by atoms with van der Waals surface area (Å²) in [4.78, 5) is 0. The molecule has 0 aromatic rings. The molecular formula is C11H24N2O2S2. The molecule has 1 unspecified atom stereocenters. The molecule has 17 heavy (non-hydrogen) atoms. The van der Waals surface area contributed by atoms with E-state index in [-0.39, 0.29) is 11.3 Å². The van der Waals surface area contributed by atoms with Gasteiger partial charge in [-0.25, -0.2) is 13.1 Å². The molecule has 1 aliphatic heterocycles. The number of nitrogens with one attached hydrogen (secondary N) is 2. The van der Waals surface area contributed by atoms with Crippen molar-refractivity contribution in [2.75, 3.05) is 24.6 Å². The smallest absolute Gasteiger partial charge is 0.215 e. The Kier molecular flexibility index (Phi) is 6.84. The monoisotopic (exact) mass is 280 g/mol. The molecule has 4 nitrogen and oxygen atoms in total. The zero-order chi connectivity index (χ0) is 12.7. The molecule has 0 amide bonds. The van der Waals surface area contributed by atoms with Gasteiger partial charge in [0.25, 0.3) is 0 Å². The summed E-state index contributed by atoms with van der Waals surface area (Å²) in [7, 11) is -3.16. The molecular weight excluding hydrogens is 256 g/mol. The van der Waals surface area contributed by atoms with Gasteiger partial charge in [0.05, 0.1) is 5.25 Å². The Labute approximate surface area is 109 Å². The van der Waals surface area contributed by atoms with Gasteiger partial charge in [0, 0.05) is 12.6 Å². The minimum atomic E-state index is -3.16. The van der Waals surface area contributed by atoms with Crippen LogP contribution in [0.1, 0.15) is 33.1 Å². The fraction of sp³-hybridized carbons (Fsp3) is 1.00. The van der Waals surface area contributed by atoms with Gasteiger partial charge in [-0.3, -0.25) is 0 Å². The van der Waals surface area contributed by atoms with Crippen molar-refractivity contribution in [3.63, 3.8) is 0 Å². The summed E-state index contributed by atoms with van der Waals surface area (Å²) < 4.78 is 26.9. The van der Waals surface area contributed by atoms with Crippen LogP contribution in [0, 0.1) is 0 Å². The third-order valence-electron chi connectivity index (χ3n) is 2.94. The van der Waals surface area contributed by atoms with E-state index in [1.807, 2.05) is 11.8 Å². The molecule has 1 atom stereocenters. The zero-order valence-electron chi connectivity index (χ0n) is 10.7. The van der Waals surface area contributed by atoms with Gasteiger partial charge in [0.1, 0.15) is 0 Å². The SMILES string of the molecule is CCCNCC(C)S(=O)(=O)NC1CCSCC1. The first-order chi connectivity index (χ1) is 8.06. The van der Waals surface area contributed by atoms with Crippen LogP contribution in [0.2, 0.25) is 0 Å². The van der Waals surface area contributed by atoms with E-state index >= 15 is 0 Å². The Bertz CT molecular complexity index is 301. The Balaban J connectivity index is 2.37. The molecule has 0 aromatic heterocycles. The molecule has 0 saturated carbocycles. The maximum Gasteiger partial charge on any atom is 0.215 e. The summed E-state index contributed by atoms with van der Waals surface area (Å²) in [6, 6.07) is 0.148. The highest BCUT2D eigenvalue weighted by atomic mass is 32.2. The quantitative estimate of drug-likeness (QED) is 0.688. The molecule has 2 N–H and O–H groups in total. The molecule has 0 radical (unpaired) electrons. The average molecular weight is 280 g/mol. The first-order valence-corrected chi connectivity index (χ1v) is 9.06. The molecule has 1 fully saturated rings. The first kappa shape index (κ1) is 15.3. The molecule has 1 heterocycles. The van der Waals surface area contributed by atoms with Crippen molar-refractivity contribution in [3.05, 3.63) is 0 Å². The van der Waals surface area contributed by atoms with Gasteiger partial charge in [-0.05, 0) is 44.2 Å². The van der Waals surface area contributed by atoms with Crippen LogP contribution in [-0.2, 0) is 10.0 Å². The lowest BCUT2D eigenvalue weighted by atomic mass is 10.2. The molecule has 1 saturated heterocycles. The number of hydrogen-bond acceptors (Lipinski definition) is 4. The fourth-order valence-electron chi connectivity index (χ4n) is 1.76. The van der Waals surface area contributed by atoms with Crippen molar-refractivity contribution in [3.8, 4) is 0 Å². The molecule has 6 heteroatoms. The van der Waals surface area contributed by atoms with Crippen LogP contribution in [0.25, 0.3) is 0 Å². The molecule has 102 valence electrons. The summed E-state index contributed by atoms with van der Waals surface area (Å²) in [5.74, 6) is 2.13. The summed E-state index contributed by atoms with van der Waals surface area (Å²) in [5.41, 5.74) is 0. The highest BCUT2D eigenvalue weighted by Gasteiger charge is 2.25. The third-order valence-corrected chi connectivity index (χ3v) is 5.88. The largest absolute Gasteiger partial charge is 0.315 e. The van der Waals surface area contributed by atoms with Gasteiger partial charge in [-0.15, -0.1) is 0 Å².